The first-order chi connectivity index (χ1) is 13.4. The Morgan fingerprint density at radius 2 is 1.07 bits per heavy atom. The predicted molar refractivity (Wildman–Crippen MR) is 116 cm³/mol. The fourth-order valence-electron chi connectivity index (χ4n) is 3.41. The van der Waals surface area contributed by atoms with E-state index in [9.17, 15) is 0 Å². The number of ether oxygens (including phenoxy) is 1. The van der Waals surface area contributed by atoms with Crippen LogP contribution in [0.3, 0.4) is 0 Å². The topological polar surface area (TPSA) is 9.23 Å². The number of rotatable bonds is 5. The van der Waals surface area contributed by atoms with Gasteiger partial charge in [-0.25, -0.2) is 0 Å². The number of hydrogen-bond donors (Lipinski definition) is 0. The molecule has 0 spiro atoms. The highest BCUT2D eigenvalue weighted by Crippen LogP contribution is 2.21. The summed E-state index contributed by atoms with van der Waals surface area (Å²) in [5, 5.41) is 4.20. The molecular weight excluding hydrogens is 344 g/mol. The Morgan fingerprint density at radius 3 is 1.63 bits per heavy atom. The Kier molecular flexibility index (Phi) is 5.17. The van der Waals surface area contributed by atoms with Crippen molar-refractivity contribution >= 4 is 24.4 Å². The molecule has 0 N–H and O–H groups in total. The fourth-order valence-corrected chi connectivity index (χ4v) is 6.18. The molecule has 0 aliphatic heterocycles. The van der Waals surface area contributed by atoms with Crippen LogP contribution in [-0.4, -0.2) is 15.9 Å². The maximum absolute atomic E-state index is 5.33. The van der Waals surface area contributed by atoms with Crippen LogP contribution in [-0.2, 0) is 0 Å². The normalized spacial score (nSPS) is 10.7. The third kappa shape index (κ3) is 3.71. The zero-order chi connectivity index (χ0) is 18.5. The van der Waals surface area contributed by atoms with E-state index >= 15 is 0 Å². The van der Waals surface area contributed by atoms with Gasteiger partial charge in [0.1, 0.15) is 5.75 Å². The number of hydrogen-bond acceptors (Lipinski definition) is 1. The average Bonchev–Trinajstić information content (AvgIpc) is 2.76. The molecule has 0 amide bonds. The zero-order valence-electron chi connectivity index (χ0n) is 15.3. The van der Waals surface area contributed by atoms with Crippen molar-refractivity contribution in [1.29, 1.82) is 0 Å². The first-order valence-electron chi connectivity index (χ1n) is 9.08. The summed E-state index contributed by atoms with van der Waals surface area (Å²) < 4.78 is 5.33. The van der Waals surface area contributed by atoms with E-state index in [1.807, 2.05) is 12.1 Å². The van der Waals surface area contributed by atoms with Crippen LogP contribution in [0.1, 0.15) is 0 Å². The van der Waals surface area contributed by atoms with E-state index in [0.717, 1.165) is 5.75 Å². The molecule has 0 aliphatic carbocycles. The zero-order valence-corrected chi connectivity index (χ0v) is 16.3. The Labute approximate surface area is 162 Å². The molecule has 0 saturated heterocycles. The van der Waals surface area contributed by atoms with Gasteiger partial charge >= 0.3 is 0 Å². The second kappa shape index (κ2) is 8.06. The van der Waals surface area contributed by atoms with Gasteiger partial charge in [0.05, 0.1) is 7.11 Å². The predicted octanol–water partition coefficient (Wildman–Crippen LogP) is 3.88. The molecule has 0 aliphatic rings. The summed E-state index contributed by atoms with van der Waals surface area (Å²) in [5.41, 5.74) is 2.52. The van der Waals surface area contributed by atoms with Crippen LogP contribution in [0.15, 0.2) is 109 Å². The minimum Gasteiger partial charge on any atom is -0.497 e. The molecule has 4 rings (SSSR count). The second-order valence-corrected chi connectivity index (χ2v) is 8.82. The Hall–Kier alpha value is -3.10. The van der Waals surface area contributed by atoms with E-state index in [4.69, 9.17) is 4.74 Å². The molecule has 0 fully saturated rings. The highest BCUT2D eigenvalue weighted by atomic mass is 28.3. The molecule has 0 unspecified atom stereocenters. The van der Waals surface area contributed by atoms with Crippen molar-refractivity contribution < 1.29 is 4.74 Å². The van der Waals surface area contributed by atoms with Crippen LogP contribution in [0.5, 0.6) is 5.75 Å². The van der Waals surface area contributed by atoms with Crippen LogP contribution >= 0.6 is 0 Å². The second-order valence-electron chi connectivity index (χ2n) is 6.38. The molecule has 0 heterocycles. The average molecular weight is 366 g/mol. The van der Waals surface area contributed by atoms with Crippen molar-refractivity contribution in [3.63, 3.8) is 0 Å². The van der Waals surface area contributed by atoms with E-state index in [1.54, 1.807) is 7.11 Å². The summed E-state index contributed by atoms with van der Waals surface area (Å²) >= 11 is 0. The van der Waals surface area contributed by atoms with Gasteiger partial charge in [0.2, 0.25) is 0 Å². The van der Waals surface area contributed by atoms with E-state index in [2.05, 4.69) is 97.1 Å². The van der Waals surface area contributed by atoms with Gasteiger partial charge in [-0.15, -0.1) is 0 Å². The van der Waals surface area contributed by atoms with Crippen LogP contribution in [0.25, 0.3) is 11.1 Å². The molecule has 1 radical (unpaired) electrons. The van der Waals surface area contributed by atoms with E-state index < -0.39 is 8.80 Å². The lowest BCUT2D eigenvalue weighted by Gasteiger charge is -2.20. The van der Waals surface area contributed by atoms with Crippen molar-refractivity contribution in [2.24, 2.45) is 0 Å². The summed E-state index contributed by atoms with van der Waals surface area (Å²) in [4.78, 5) is 0. The summed E-state index contributed by atoms with van der Waals surface area (Å²) in [5.74, 6) is 0.882. The van der Waals surface area contributed by atoms with Gasteiger partial charge in [0, 0.05) is 0 Å². The molecule has 0 bridgehead atoms. The quantitative estimate of drug-likeness (QED) is 0.385. The highest BCUT2D eigenvalue weighted by molar-refractivity contribution is 6.96. The van der Waals surface area contributed by atoms with Crippen LogP contribution in [0, 0.1) is 0 Å². The van der Waals surface area contributed by atoms with Gasteiger partial charge in [-0.05, 0) is 28.4 Å². The van der Waals surface area contributed by atoms with Crippen molar-refractivity contribution in [2.75, 3.05) is 7.11 Å². The van der Waals surface area contributed by atoms with Gasteiger partial charge in [-0.3, -0.25) is 0 Å². The largest absolute Gasteiger partial charge is 0.497 e. The summed E-state index contributed by atoms with van der Waals surface area (Å²) in [6.45, 7) is 0. The van der Waals surface area contributed by atoms with E-state index in [1.165, 1.54) is 26.7 Å². The Balaban J connectivity index is 1.88. The number of methoxy groups -OCH3 is 1. The van der Waals surface area contributed by atoms with Crippen molar-refractivity contribution in [2.45, 2.75) is 0 Å². The molecule has 27 heavy (non-hydrogen) atoms. The van der Waals surface area contributed by atoms with Crippen LogP contribution in [0.2, 0.25) is 0 Å². The molecule has 0 atom stereocenters. The molecule has 0 saturated carbocycles. The lowest BCUT2D eigenvalue weighted by Crippen LogP contribution is -2.52. The third-order valence-electron chi connectivity index (χ3n) is 4.72. The minimum atomic E-state index is -1.10. The van der Waals surface area contributed by atoms with Gasteiger partial charge in [-0.1, -0.05) is 107 Å². The van der Waals surface area contributed by atoms with Crippen molar-refractivity contribution in [1.82, 2.24) is 0 Å². The minimum absolute atomic E-state index is 0.882. The SMILES string of the molecule is COc1ccc(-c2ccccc2[Si](c2ccccc2)c2ccccc2)cc1. The lowest BCUT2D eigenvalue weighted by atomic mass is 10.1. The monoisotopic (exact) mass is 365 g/mol. The fraction of sp³-hybridized carbons (Fsp3) is 0.0400. The van der Waals surface area contributed by atoms with Gasteiger partial charge in [0.25, 0.3) is 0 Å². The highest BCUT2D eigenvalue weighted by Gasteiger charge is 2.22. The molecule has 0 aromatic heterocycles. The molecule has 1 nitrogen and oxygen atoms in total. The van der Waals surface area contributed by atoms with Crippen LogP contribution < -0.4 is 20.3 Å². The Morgan fingerprint density at radius 1 is 0.556 bits per heavy atom. The third-order valence-corrected chi connectivity index (χ3v) is 7.52. The molecule has 4 aromatic carbocycles. The summed E-state index contributed by atoms with van der Waals surface area (Å²) in [6, 6.07) is 38.9. The maximum atomic E-state index is 5.33. The first kappa shape index (κ1) is 17.3. The van der Waals surface area contributed by atoms with Gasteiger partial charge < -0.3 is 4.74 Å². The van der Waals surface area contributed by atoms with Crippen LogP contribution in [0.4, 0.5) is 0 Å². The molecule has 131 valence electrons. The number of benzene rings is 4. The molecule has 4 aromatic rings. The summed E-state index contributed by atoms with van der Waals surface area (Å²) in [6.07, 6.45) is 0. The van der Waals surface area contributed by atoms with E-state index in [0.29, 0.717) is 0 Å². The maximum Gasteiger partial charge on any atom is 0.155 e. The van der Waals surface area contributed by atoms with Crippen molar-refractivity contribution in [3.05, 3.63) is 109 Å². The summed E-state index contributed by atoms with van der Waals surface area (Å²) in [7, 11) is 0.602. The standard InChI is InChI=1S/C25H21OSi/c1-26-21-18-16-20(17-19-21)24-14-8-9-15-25(24)27(22-10-4-2-5-11-22)23-12-6-3-7-13-23/h2-19H,1H3. The molecule has 2 heteroatoms. The van der Waals surface area contributed by atoms with Crippen molar-refractivity contribution in [3.8, 4) is 16.9 Å². The smallest absolute Gasteiger partial charge is 0.155 e. The lowest BCUT2D eigenvalue weighted by molar-refractivity contribution is 0.415. The Bertz CT molecular complexity index is 956. The van der Waals surface area contributed by atoms with E-state index in [-0.39, 0.29) is 0 Å². The first-order valence-corrected chi connectivity index (χ1v) is 10.6. The van der Waals surface area contributed by atoms with Gasteiger partial charge in [-0.2, -0.15) is 0 Å². The van der Waals surface area contributed by atoms with Gasteiger partial charge in [0.15, 0.2) is 8.80 Å². The molecular formula is C25H21OSi.